The highest BCUT2D eigenvalue weighted by molar-refractivity contribution is 7.22. The van der Waals surface area contributed by atoms with Crippen LogP contribution in [0.5, 0.6) is 5.75 Å². The number of carbonyl (C=O) groups excluding carboxylic acids is 1. The maximum atomic E-state index is 13.7. The molecule has 0 aliphatic heterocycles. The van der Waals surface area contributed by atoms with Crippen molar-refractivity contribution >= 4 is 32.6 Å². The Bertz CT molecular complexity index is 910. The van der Waals surface area contributed by atoms with Crippen molar-refractivity contribution in [3.63, 3.8) is 0 Å². The summed E-state index contributed by atoms with van der Waals surface area (Å²) < 4.78 is 32.9. The molecular formula is C19H18F2N2O2S. The number of anilines is 1. The average molecular weight is 376 g/mol. The number of carbonyl (C=O) groups is 1. The van der Waals surface area contributed by atoms with Gasteiger partial charge in [-0.05, 0) is 36.8 Å². The zero-order chi connectivity index (χ0) is 18.5. The fourth-order valence-electron chi connectivity index (χ4n) is 2.42. The number of halogens is 2. The van der Waals surface area contributed by atoms with Crippen LogP contribution in [0.25, 0.3) is 10.2 Å². The predicted molar refractivity (Wildman–Crippen MR) is 99.0 cm³/mol. The van der Waals surface area contributed by atoms with Crippen molar-refractivity contribution in [1.29, 1.82) is 0 Å². The number of benzene rings is 2. The molecule has 0 bridgehead atoms. The number of nitrogens with zero attached hydrogens (tertiary/aromatic N) is 1. The molecule has 0 aliphatic carbocycles. The lowest BCUT2D eigenvalue weighted by molar-refractivity contribution is 0.102. The van der Waals surface area contributed by atoms with Gasteiger partial charge in [-0.2, -0.15) is 0 Å². The van der Waals surface area contributed by atoms with Gasteiger partial charge in [0.2, 0.25) is 0 Å². The van der Waals surface area contributed by atoms with Gasteiger partial charge in [0, 0.05) is 11.6 Å². The quantitative estimate of drug-likeness (QED) is 0.562. The molecule has 4 nitrogen and oxygen atoms in total. The minimum atomic E-state index is -0.749. The molecule has 0 saturated heterocycles. The zero-order valence-corrected chi connectivity index (χ0v) is 15.0. The van der Waals surface area contributed by atoms with Crippen LogP contribution in [0.4, 0.5) is 13.9 Å². The standard InChI is InChI=1S/C19H18F2N2O2S/c1-2-3-4-9-25-14-7-5-12(6-8-14)18(24)23-19-22-17-15(21)10-13(20)11-16(17)26-19/h5-8,10-11H,2-4,9H2,1H3,(H,22,23,24). The summed E-state index contributed by atoms with van der Waals surface area (Å²) in [4.78, 5) is 16.3. The number of hydrogen-bond donors (Lipinski definition) is 1. The van der Waals surface area contributed by atoms with Gasteiger partial charge in [0.1, 0.15) is 17.1 Å². The maximum Gasteiger partial charge on any atom is 0.257 e. The van der Waals surface area contributed by atoms with Gasteiger partial charge in [0.15, 0.2) is 10.9 Å². The Morgan fingerprint density at radius 2 is 1.96 bits per heavy atom. The number of ether oxygens (including phenoxy) is 1. The molecule has 3 rings (SSSR count). The molecule has 1 aromatic heterocycles. The van der Waals surface area contributed by atoms with E-state index in [1.54, 1.807) is 24.3 Å². The summed E-state index contributed by atoms with van der Waals surface area (Å²) in [6, 6.07) is 8.72. The first-order valence-corrected chi connectivity index (χ1v) is 9.18. The zero-order valence-electron chi connectivity index (χ0n) is 14.2. The molecule has 2 aromatic carbocycles. The third-order valence-electron chi connectivity index (χ3n) is 3.77. The number of rotatable bonds is 7. The first-order valence-electron chi connectivity index (χ1n) is 8.36. The highest BCUT2D eigenvalue weighted by atomic mass is 32.1. The number of thiazole rings is 1. The maximum absolute atomic E-state index is 13.7. The molecule has 1 amide bonds. The molecule has 0 spiro atoms. The molecule has 0 aliphatic rings. The lowest BCUT2D eigenvalue weighted by Crippen LogP contribution is -2.11. The molecule has 0 fully saturated rings. The van der Waals surface area contributed by atoms with E-state index in [2.05, 4.69) is 17.2 Å². The highest BCUT2D eigenvalue weighted by Crippen LogP contribution is 2.29. The number of aromatic nitrogens is 1. The van der Waals surface area contributed by atoms with Crippen molar-refractivity contribution in [1.82, 2.24) is 4.98 Å². The average Bonchev–Trinajstić information content (AvgIpc) is 3.02. The van der Waals surface area contributed by atoms with E-state index in [0.717, 1.165) is 36.7 Å². The molecule has 136 valence electrons. The molecule has 1 N–H and O–H groups in total. The van der Waals surface area contributed by atoms with E-state index in [0.29, 0.717) is 22.6 Å². The van der Waals surface area contributed by atoms with Crippen LogP contribution in [0.2, 0.25) is 0 Å². The van der Waals surface area contributed by atoms with Crippen molar-refractivity contribution in [2.75, 3.05) is 11.9 Å². The minimum Gasteiger partial charge on any atom is -0.494 e. The SMILES string of the molecule is CCCCCOc1ccc(C(=O)Nc2nc3c(F)cc(F)cc3s2)cc1. The second kappa shape index (κ2) is 8.23. The van der Waals surface area contributed by atoms with Gasteiger partial charge in [-0.25, -0.2) is 13.8 Å². The molecule has 0 unspecified atom stereocenters. The molecule has 0 saturated carbocycles. The molecule has 7 heteroatoms. The molecule has 3 aromatic rings. The summed E-state index contributed by atoms with van der Waals surface area (Å²) in [5, 5.41) is 2.83. The van der Waals surface area contributed by atoms with Gasteiger partial charge in [0.05, 0.1) is 11.3 Å². The van der Waals surface area contributed by atoms with Crippen LogP contribution in [0, 0.1) is 11.6 Å². The monoisotopic (exact) mass is 376 g/mol. The molecule has 26 heavy (non-hydrogen) atoms. The van der Waals surface area contributed by atoms with Gasteiger partial charge in [-0.3, -0.25) is 10.1 Å². The van der Waals surface area contributed by atoms with Crippen LogP contribution < -0.4 is 10.1 Å². The Morgan fingerprint density at radius 3 is 2.69 bits per heavy atom. The highest BCUT2D eigenvalue weighted by Gasteiger charge is 2.13. The largest absolute Gasteiger partial charge is 0.494 e. The molecule has 0 radical (unpaired) electrons. The van der Waals surface area contributed by atoms with Gasteiger partial charge in [-0.15, -0.1) is 0 Å². The number of nitrogens with one attached hydrogen (secondary N) is 1. The van der Waals surface area contributed by atoms with Crippen LogP contribution in [-0.2, 0) is 0 Å². The van der Waals surface area contributed by atoms with Crippen LogP contribution >= 0.6 is 11.3 Å². The summed E-state index contributed by atoms with van der Waals surface area (Å²) in [5.74, 6) is -1.09. The van der Waals surface area contributed by atoms with Crippen LogP contribution in [-0.4, -0.2) is 17.5 Å². The van der Waals surface area contributed by atoms with E-state index < -0.39 is 11.6 Å². The van der Waals surface area contributed by atoms with Gasteiger partial charge in [0.25, 0.3) is 5.91 Å². The van der Waals surface area contributed by atoms with E-state index in [9.17, 15) is 13.6 Å². The summed E-state index contributed by atoms with van der Waals surface area (Å²) >= 11 is 1.02. The first kappa shape index (κ1) is 18.3. The lowest BCUT2D eigenvalue weighted by Gasteiger charge is -2.06. The summed E-state index contributed by atoms with van der Waals surface area (Å²) in [7, 11) is 0. The lowest BCUT2D eigenvalue weighted by atomic mass is 10.2. The Kier molecular flexibility index (Phi) is 5.78. The number of fused-ring (bicyclic) bond motifs is 1. The predicted octanol–water partition coefficient (Wildman–Crippen LogP) is 5.40. The number of amides is 1. The van der Waals surface area contributed by atoms with E-state index in [4.69, 9.17) is 4.74 Å². The summed E-state index contributed by atoms with van der Waals surface area (Å²) in [6.45, 7) is 2.77. The second-order valence-electron chi connectivity index (χ2n) is 5.79. The van der Waals surface area contributed by atoms with Crippen molar-refractivity contribution in [2.45, 2.75) is 26.2 Å². The van der Waals surface area contributed by atoms with Crippen molar-refractivity contribution in [3.05, 3.63) is 53.6 Å². The number of unbranched alkanes of at least 4 members (excludes halogenated alkanes) is 2. The van der Waals surface area contributed by atoms with E-state index in [-0.39, 0.29) is 16.6 Å². The fraction of sp³-hybridized carbons (Fsp3) is 0.263. The van der Waals surface area contributed by atoms with E-state index in [1.807, 2.05) is 0 Å². The third kappa shape index (κ3) is 4.35. The topological polar surface area (TPSA) is 51.2 Å². The van der Waals surface area contributed by atoms with Crippen LogP contribution in [0.1, 0.15) is 36.5 Å². The van der Waals surface area contributed by atoms with Gasteiger partial charge >= 0.3 is 0 Å². The van der Waals surface area contributed by atoms with E-state index in [1.165, 1.54) is 6.07 Å². The normalized spacial score (nSPS) is 10.9. The smallest absolute Gasteiger partial charge is 0.257 e. The Balaban J connectivity index is 1.65. The molecular weight excluding hydrogens is 358 g/mol. The molecule has 1 heterocycles. The summed E-state index contributed by atoms with van der Waals surface area (Å²) in [5.41, 5.74) is 0.472. The summed E-state index contributed by atoms with van der Waals surface area (Å²) in [6.07, 6.45) is 3.24. The van der Waals surface area contributed by atoms with Crippen molar-refractivity contribution in [3.8, 4) is 5.75 Å². The Morgan fingerprint density at radius 1 is 1.19 bits per heavy atom. The first-order chi connectivity index (χ1) is 12.6. The fourth-order valence-corrected chi connectivity index (χ4v) is 3.32. The number of hydrogen-bond acceptors (Lipinski definition) is 4. The van der Waals surface area contributed by atoms with Gasteiger partial charge in [-0.1, -0.05) is 31.1 Å². The van der Waals surface area contributed by atoms with Crippen LogP contribution in [0.15, 0.2) is 36.4 Å². The minimum absolute atomic E-state index is 0.0440. The van der Waals surface area contributed by atoms with Crippen molar-refractivity contribution in [2.24, 2.45) is 0 Å². The molecule has 0 atom stereocenters. The Labute approximate surface area is 153 Å². The van der Waals surface area contributed by atoms with Crippen LogP contribution in [0.3, 0.4) is 0 Å². The van der Waals surface area contributed by atoms with Gasteiger partial charge < -0.3 is 4.74 Å². The van der Waals surface area contributed by atoms with E-state index >= 15 is 0 Å². The Hall–Kier alpha value is -2.54. The second-order valence-corrected chi connectivity index (χ2v) is 6.82. The third-order valence-corrected chi connectivity index (χ3v) is 4.68. The van der Waals surface area contributed by atoms with Crippen molar-refractivity contribution < 1.29 is 18.3 Å².